The molecular weight excluding hydrogens is 260 g/mol. The Bertz CT molecular complexity index is 343. The summed E-state index contributed by atoms with van der Waals surface area (Å²) in [5.74, 6) is 1.67. The second-order valence-electron chi connectivity index (χ2n) is 7.49. The van der Waals surface area contributed by atoms with E-state index in [1.807, 2.05) is 0 Å². The van der Waals surface area contributed by atoms with E-state index in [2.05, 4.69) is 16.7 Å². The number of carbonyl (C=O) groups excluding carboxylic acids is 1. The van der Waals surface area contributed by atoms with Crippen LogP contribution in [0.5, 0.6) is 0 Å². The summed E-state index contributed by atoms with van der Waals surface area (Å²) in [5.41, 5.74) is 0. The molecule has 0 spiro atoms. The maximum absolute atomic E-state index is 12.2. The average molecular weight is 292 g/mol. The Morgan fingerprint density at radius 2 is 1.76 bits per heavy atom. The van der Waals surface area contributed by atoms with E-state index in [-0.39, 0.29) is 0 Å². The minimum Gasteiger partial charge on any atom is -0.300 e. The Labute approximate surface area is 130 Å². The second-order valence-corrected chi connectivity index (χ2v) is 7.49. The predicted octanol–water partition coefficient (Wildman–Crippen LogP) is 2.94. The van der Waals surface area contributed by atoms with Gasteiger partial charge in [0.2, 0.25) is 0 Å². The van der Waals surface area contributed by atoms with Gasteiger partial charge in [0.25, 0.3) is 0 Å². The van der Waals surface area contributed by atoms with Gasteiger partial charge in [0.1, 0.15) is 5.78 Å². The third-order valence-corrected chi connectivity index (χ3v) is 6.18. The van der Waals surface area contributed by atoms with Crippen LogP contribution in [-0.2, 0) is 4.79 Å². The van der Waals surface area contributed by atoms with Gasteiger partial charge in [-0.2, -0.15) is 0 Å². The maximum atomic E-state index is 12.2. The van der Waals surface area contributed by atoms with Crippen LogP contribution in [0.15, 0.2) is 0 Å². The van der Waals surface area contributed by atoms with Crippen LogP contribution in [0.2, 0.25) is 0 Å². The Balaban J connectivity index is 1.45. The summed E-state index contributed by atoms with van der Waals surface area (Å²) >= 11 is 0. The van der Waals surface area contributed by atoms with Crippen molar-refractivity contribution in [2.24, 2.45) is 11.8 Å². The molecule has 21 heavy (non-hydrogen) atoms. The van der Waals surface area contributed by atoms with Gasteiger partial charge in [0, 0.05) is 51.1 Å². The average Bonchev–Trinajstić information content (AvgIpc) is 3.04. The van der Waals surface area contributed by atoms with Crippen LogP contribution >= 0.6 is 0 Å². The van der Waals surface area contributed by atoms with E-state index in [0.717, 1.165) is 37.8 Å². The van der Waals surface area contributed by atoms with E-state index >= 15 is 0 Å². The van der Waals surface area contributed by atoms with Crippen LogP contribution in [0.25, 0.3) is 0 Å². The monoisotopic (exact) mass is 292 g/mol. The molecule has 2 aliphatic carbocycles. The van der Waals surface area contributed by atoms with E-state index in [1.165, 1.54) is 58.3 Å². The maximum Gasteiger partial charge on any atom is 0.137 e. The number of ketones is 1. The lowest BCUT2D eigenvalue weighted by Crippen LogP contribution is -2.51. The number of Topliss-reactive ketones (excluding diaryl/α,β-unsaturated/α-hetero) is 1. The molecule has 1 saturated heterocycles. The molecule has 2 atom stereocenters. The highest BCUT2D eigenvalue weighted by molar-refractivity contribution is 5.81. The van der Waals surface area contributed by atoms with Crippen molar-refractivity contribution in [2.75, 3.05) is 32.7 Å². The lowest BCUT2D eigenvalue weighted by molar-refractivity contribution is -0.126. The zero-order valence-electron chi connectivity index (χ0n) is 13.7. The van der Waals surface area contributed by atoms with Gasteiger partial charge >= 0.3 is 0 Å². The van der Waals surface area contributed by atoms with E-state index < -0.39 is 0 Å². The zero-order chi connectivity index (χ0) is 14.7. The van der Waals surface area contributed by atoms with Crippen molar-refractivity contribution in [3.05, 3.63) is 0 Å². The second kappa shape index (κ2) is 7.23. The quantitative estimate of drug-likeness (QED) is 0.796. The highest BCUT2D eigenvalue weighted by Gasteiger charge is 2.31. The van der Waals surface area contributed by atoms with Crippen molar-refractivity contribution >= 4 is 5.78 Å². The van der Waals surface area contributed by atoms with E-state index in [1.54, 1.807) is 0 Å². The number of rotatable bonds is 4. The summed E-state index contributed by atoms with van der Waals surface area (Å²) in [6, 6.07) is 0.868. The number of hydrogen-bond acceptors (Lipinski definition) is 3. The van der Waals surface area contributed by atoms with E-state index in [9.17, 15) is 4.79 Å². The highest BCUT2D eigenvalue weighted by Crippen LogP contribution is 2.30. The third kappa shape index (κ3) is 3.87. The van der Waals surface area contributed by atoms with Gasteiger partial charge < -0.3 is 4.90 Å². The van der Waals surface area contributed by atoms with Gasteiger partial charge in [-0.05, 0) is 31.6 Å². The summed E-state index contributed by atoms with van der Waals surface area (Å²) in [6.07, 6.45) is 10.1. The molecule has 0 radical (unpaired) electrons. The topological polar surface area (TPSA) is 23.6 Å². The molecule has 3 rings (SSSR count). The SMILES string of the molecule is CCC1CCC(=O)C(CN2CCN(C3CCCC3)CC2)C1. The van der Waals surface area contributed by atoms with E-state index in [0.29, 0.717) is 11.7 Å². The molecule has 1 aliphatic heterocycles. The van der Waals surface area contributed by atoms with E-state index in [4.69, 9.17) is 0 Å². The fourth-order valence-electron chi connectivity index (χ4n) is 4.64. The molecule has 0 aromatic carbocycles. The lowest BCUT2D eigenvalue weighted by atomic mass is 9.79. The molecular formula is C18H32N2O. The zero-order valence-corrected chi connectivity index (χ0v) is 13.7. The molecule has 0 amide bonds. The van der Waals surface area contributed by atoms with Crippen LogP contribution in [0.3, 0.4) is 0 Å². The molecule has 0 N–H and O–H groups in total. The van der Waals surface area contributed by atoms with Crippen molar-refractivity contribution < 1.29 is 4.79 Å². The standard InChI is InChI=1S/C18H32N2O/c1-2-15-7-8-18(21)16(13-15)14-19-9-11-20(12-10-19)17-5-3-4-6-17/h15-17H,2-14H2,1H3. The largest absolute Gasteiger partial charge is 0.300 e. The van der Waals surface area contributed by atoms with Crippen molar-refractivity contribution in [1.82, 2.24) is 9.80 Å². The minimum atomic E-state index is 0.335. The molecule has 3 aliphatic rings. The first-order valence-corrected chi connectivity index (χ1v) is 9.25. The van der Waals surface area contributed by atoms with Gasteiger partial charge in [-0.3, -0.25) is 9.69 Å². The van der Waals surface area contributed by atoms with Crippen LogP contribution in [0, 0.1) is 11.8 Å². The Hall–Kier alpha value is -0.410. The summed E-state index contributed by atoms with van der Waals surface area (Å²) in [4.78, 5) is 17.4. The van der Waals surface area contributed by atoms with Gasteiger partial charge in [0.15, 0.2) is 0 Å². The Kier molecular flexibility index (Phi) is 5.33. The normalized spacial score (nSPS) is 33.7. The molecule has 2 unspecified atom stereocenters. The van der Waals surface area contributed by atoms with Crippen LogP contribution < -0.4 is 0 Å². The van der Waals surface area contributed by atoms with Crippen molar-refractivity contribution in [2.45, 2.75) is 64.3 Å². The first kappa shape index (κ1) is 15.5. The molecule has 1 heterocycles. The summed E-state index contributed by atoms with van der Waals surface area (Å²) < 4.78 is 0. The first-order valence-electron chi connectivity index (χ1n) is 9.25. The van der Waals surface area contributed by atoms with Crippen molar-refractivity contribution in [1.29, 1.82) is 0 Å². The molecule has 2 saturated carbocycles. The van der Waals surface area contributed by atoms with Crippen LogP contribution in [-0.4, -0.2) is 54.3 Å². The van der Waals surface area contributed by atoms with Gasteiger partial charge in [-0.15, -0.1) is 0 Å². The predicted molar refractivity (Wildman–Crippen MR) is 86.4 cm³/mol. The van der Waals surface area contributed by atoms with Crippen LogP contribution in [0.4, 0.5) is 0 Å². The number of nitrogens with zero attached hydrogens (tertiary/aromatic N) is 2. The smallest absolute Gasteiger partial charge is 0.137 e. The first-order chi connectivity index (χ1) is 10.3. The fourth-order valence-corrected chi connectivity index (χ4v) is 4.64. The van der Waals surface area contributed by atoms with Crippen molar-refractivity contribution in [3.8, 4) is 0 Å². The Morgan fingerprint density at radius 1 is 1.05 bits per heavy atom. The molecule has 0 aromatic heterocycles. The molecule has 3 fully saturated rings. The summed E-state index contributed by atoms with van der Waals surface area (Å²) in [5, 5.41) is 0. The number of piperazine rings is 1. The lowest BCUT2D eigenvalue weighted by Gasteiger charge is -2.40. The molecule has 3 heteroatoms. The number of hydrogen-bond donors (Lipinski definition) is 0. The third-order valence-electron chi connectivity index (χ3n) is 6.18. The molecule has 120 valence electrons. The molecule has 0 aromatic rings. The number of carbonyl (C=O) groups is 1. The van der Waals surface area contributed by atoms with Gasteiger partial charge in [-0.1, -0.05) is 26.2 Å². The van der Waals surface area contributed by atoms with Gasteiger partial charge in [0.05, 0.1) is 0 Å². The summed E-state index contributed by atoms with van der Waals surface area (Å²) in [7, 11) is 0. The van der Waals surface area contributed by atoms with Crippen LogP contribution in [0.1, 0.15) is 58.3 Å². The molecule has 0 bridgehead atoms. The highest BCUT2D eigenvalue weighted by atomic mass is 16.1. The summed E-state index contributed by atoms with van der Waals surface area (Å²) in [6.45, 7) is 8.12. The fraction of sp³-hybridized carbons (Fsp3) is 0.944. The van der Waals surface area contributed by atoms with Gasteiger partial charge in [-0.25, -0.2) is 0 Å². The minimum absolute atomic E-state index is 0.335. The Morgan fingerprint density at radius 3 is 2.43 bits per heavy atom. The molecule has 3 nitrogen and oxygen atoms in total. The van der Waals surface area contributed by atoms with Crippen molar-refractivity contribution in [3.63, 3.8) is 0 Å².